The molecule has 0 fully saturated rings. The number of non-ortho nitro benzene ring substituents is 1. The molecule has 1 atom stereocenters. The summed E-state index contributed by atoms with van der Waals surface area (Å²) >= 11 is 1.59. The fourth-order valence-electron chi connectivity index (χ4n) is 2.15. The van der Waals surface area contributed by atoms with E-state index in [1.165, 1.54) is 12.1 Å². The monoisotopic (exact) mass is 357 g/mol. The van der Waals surface area contributed by atoms with Crippen molar-refractivity contribution >= 4 is 17.4 Å². The fourth-order valence-corrected chi connectivity index (χ4v) is 3.05. The molecular formula is C17H15N3O4S. The van der Waals surface area contributed by atoms with Crippen LogP contribution >= 0.6 is 11.8 Å². The average molecular weight is 357 g/mol. The maximum Gasteiger partial charge on any atom is 0.269 e. The number of nitro groups is 1. The van der Waals surface area contributed by atoms with Crippen molar-refractivity contribution in [2.45, 2.75) is 17.1 Å². The number of hydrogen-bond acceptors (Lipinski definition) is 7. The molecule has 8 heteroatoms. The third kappa shape index (κ3) is 3.97. The number of ether oxygens (including phenoxy) is 1. The van der Waals surface area contributed by atoms with Crippen LogP contribution in [-0.4, -0.2) is 22.2 Å². The highest BCUT2D eigenvalue weighted by molar-refractivity contribution is 7.99. The van der Waals surface area contributed by atoms with Gasteiger partial charge in [0.05, 0.1) is 17.3 Å². The Bertz CT molecular complexity index is 862. The summed E-state index contributed by atoms with van der Waals surface area (Å²) in [6, 6.07) is 13.7. The third-order valence-electron chi connectivity index (χ3n) is 3.49. The van der Waals surface area contributed by atoms with Gasteiger partial charge in [-0.25, -0.2) is 0 Å². The number of thioether (sulfide) groups is 1. The van der Waals surface area contributed by atoms with Crippen molar-refractivity contribution in [3.63, 3.8) is 0 Å². The first-order valence-corrected chi connectivity index (χ1v) is 8.33. The van der Waals surface area contributed by atoms with E-state index in [1.807, 2.05) is 31.2 Å². The van der Waals surface area contributed by atoms with Crippen LogP contribution in [0, 0.1) is 10.1 Å². The molecule has 0 N–H and O–H groups in total. The van der Waals surface area contributed by atoms with Gasteiger partial charge in [-0.2, -0.15) is 0 Å². The van der Waals surface area contributed by atoms with E-state index in [-0.39, 0.29) is 10.9 Å². The molecule has 0 aliphatic rings. The molecule has 128 valence electrons. The van der Waals surface area contributed by atoms with Crippen LogP contribution in [0.4, 0.5) is 5.69 Å². The average Bonchev–Trinajstić information content (AvgIpc) is 3.13. The summed E-state index contributed by atoms with van der Waals surface area (Å²) in [6.07, 6.45) is 0. The number of nitro benzene ring substituents is 1. The minimum atomic E-state index is -0.448. The van der Waals surface area contributed by atoms with Crippen LogP contribution < -0.4 is 4.74 Å². The van der Waals surface area contributed by atoms with Crippen LogP contribution in [0.3, 0.4) is 0 Å². The Morgan fingerprint density at radius 3 is 2.40 bits per heavy atom. The van der Waals surface area contributed by atoms with Crippen LogP contribution in [-0.2, 0) is 0 Å². The van der Waals surface area contributed by atoms with Gasteiger partial charge in [0.2, 0.25) is 11.8 Å². The highest BCUT2D eigenvalue weighted by Crippen LogP contribution is 2.35. The predicted molar refractivity (Wildman–Crippen MR) is 93.7 cm³/mol. The standard InChI is InChI=1S/C17H15N3O4S/c1-11(25-15-9-7-14(23-2)8-10-15)16-18-19-17(24-16)12-3-5-13(6-4-12)20(21)22/h3-11H,1-2H3/t11-/m0/s1. The van der Waals surface area contributed by atoms with Gasteiger partial charge in [-0.3, -0.25) is 10.1 Å². The first kappa shape index (κ1) is 17.0. The van der Waals surface area contributed by atoms with E-state index in [2.05, 4.69) is 10.2 Å². The number of nitrogens with zero attached hydrogens (tertiary/aromatic N) is 3. The van der Waals surface area contributed by atoms with Crippen LogP contribution in [0.25, 0.3) is 11.5 Å². The SMILES string of the molecule is COc1ccc(S[C@@H](C)c2nnc(-c3ccc([N+](=O)[O-])cc3)o2)cc1. The topological polar surface area (TPSA) is 91.3 Å². The molecule has 0 saturated carbocycles. The molecule has 3 aromatic rings. The molecule has 0 unspecified atom stereocenters. The highest BCUT2D eigenvalue weighted by Gasteiger charge is 2.17. The minimum Gasteiger partial charge on any atom is -0.497 e. The third-order valence-corrected chi connectivity index (χ3v) is 4.59. The number of methoxy groups -OCH3 is 1. The molecule has 0 spiro atoms. The van der Waals surface area contributed by atoms with Gasteiger partial charge in [-0.15, -0.1) is 22.0 Å². The summed E-state index contributed by atoms with van der Waals surface area (Å²) in [6.45, 7) is 1.97. The molecule has 3 rings (SSSR count). The molecule has 7 nitrogen and oxygen atoms in total. The molecular weight excluding hydrogens is 342 g/mol. The number of rotatable bonds is 6. The first-order chi connectivity index (χ1) is 12.1. The Kier molecular flexibility index (Phi) is 4.99. The van der Waals surface area contributed by atoms with E-state index < -0.39 is 4.92 Å². The van der Waals surface area contributed by atoms with Crippen LogP contribution in [0.15, 0.2) is 57.8 Å². The van der Waals surface area contributed by atoms with E-state index in [0.717, 1.165) is 10.6 Å². The Labute approximate surface area is 148 Å². The number of hydrogen-bond donors (Lipinski definition) is 0. The zero-order valence-corrected chi connectivity index (χ0v) is 14.4. The van der Waals surface area contributed by atoms with Crippen LogP contribution in [0.1, 0.15) is 18.1 Å². The molecule has 0 saturated heterocycles. The maximum absolute atomic E-state index is 10.7. The summed E-state index contributed by atoms with van der Waals surface area (Å²) in [5.41, 5.74) is 0.665. The van der Waals surface area contributed by atoms with E-state index in [1.54, 1.807) is 31.0 Å². The minimum absolute atomic E-state index is 0.0203. The smallest absolute Gasteiger partial charge is 0.269 e. The lowest BCUT2D eigenvalue weighted by Gasteiger charge is -2.07. The zero-order valence-electron chi connectivity index (χ0n) is 13.6. The summed E-state index contributed by atoms with van der Waals surface area (Å²) in [5.74, 6) is 1.64. The maximum atomic E-state index is 10.7. The van der Waals surface area contributed by atoms with Gasteiger partial charge in [0.15, 0.2) is 0 Å². The quantitative estimate of drug-likeness (QED) is 0.364. The summed E-state index contributed by atoms with van der Waals surface area (Å²) in [4.78, 5) is 11.3. The Morgan fingerprint density at radius 1 is 1.12 bits per heavy atom. The second-order valence-electron chi connectivity index (χ2n) is 5.19. The lowest BCUT2D eigenvalue weighted by molar-refractivity contribution is -0.384. The van der Waals surface area contributed by atoms with Crippen molar-refractivity contribution in [2.24, 2.45) is 0 Å². The highest BCUT2D eigenvalue weighted by atomic mass is 32.2. The van der Waals surface area contributed by atoms with Crippen molar-refractivity contribution in [1.82, 2.24) is 10.2 Å². The molecule has 0 bridgehead atoms. The molecule has 1 heterocycles. The lowest BCUT2D eigenvalue weighted by atomic mass is 10.2. The van der Waals surface area contributed by atoms with Gasteiger partial charge in [-0.1, -0.05) is 0 Å². The molecule has 25 heavy (non-hydrogen) atoms. The van der Waals surface area contributed by atoms with Gasteiger partial charge < -0.3 is 9.15 Å². The number of benzene rings is 2. The van der Waals surface area contributed by atoms with E-state index in [9.17, 15) is 10.1 Å². The summed E-state index contributed by atoms with van der Waals surface area (Å²) in [7, 11) is 1.63. The van der Waals surface area contributed by atoms with Gasteiger partial charge in [0, 0.05) is 22.6 Å². The van der Waals surface area contributed by atoms with Crippen molar-refractivity contribution in [3.8, 4) is 17.2 Å². The fraction of sp³-hybridized carbons (Fsp3) is 0.176. The Balaban J connectivity index is 1.72. The van der Waals surface area contributed by atoms with Gasteiger partial charge in [0.1, 0.15) is 5.75 Å². The molecule has 2 aromatic carbocycles. The van der Waals surface area contributed by atoms with Crippen molar-refractivity contribution < 1.29 is 14.1 Å². The van der Waals surface area contributed by atoms with Crippen molar-refractivity contribution in [1.29, 1.82) is 0 Å². The predicted octanol–water partition coefficient (Wildman–Crippen LogP) is 4.51. The number of aromatic nitrogens is 2. The molecule has 0 radical (unpaired) electrons. The van der Waals surface area contributed by atoms with Gasteiger partial charge in [-0.05, 0) is 43.3 Å². The second-order valence-corrected chi connectivity index (χ2v) is 6.60. The molecule has 0 aliphatic carbocycles. The van der Waals surface area contributed by atoms with Crippen molar-refractivity contribution in [2.75, 3.05) is 7.11 Å². The normalized spacial score (nSPS) is 11.9. The van der Waals surface area contributed by atoms with Crippen molar-refractivity contribution in [3.05, 3.63) is 64.5 Å². The van der Waals surface area contributed by atoms with Crippen LogP contribution in [0.2, 0.25) is 0 Å². The molecule has 0 aliphatic heterocycles. The first-order valence-electron chi connectivity index (χ1n) is 7.46. The molecule has 0 amide bonds. The van der Waals surface area contributed by atoms with Gasteiger partial charge in [0.25, 0.3) is 5.69 Å². The lowest BCUT2D eigenvalue weighted by Crippen LogP contribution is -1.89. The second kappa shape index (κ2) is 7.35. The van der Waals surface area contributed by atoms with Crippen LogP contribution in [0.5, 0.6) is 5.75 Å². The van der Waals surface area contributed by atoms with Gasteiger partial charge >= 0.3 is 0 Å². The Morgan fingerprint density at radius 2 is 1.80 bits per heavy atom. The largest absolute Gasteiger partial charge is 0.497 e. The van der Waals surface area contributed by atoms with E-state index in [0.29, 0.717) is 17.3 Å². The Hall–Kier alpha value is -2.87. The summed E-state index contributed by atoms with van der Waals surface area (Å²) < 4.78 is 10.9. The zero-order chi connectivity index (χ0) is 17.8. The summed E-state index contributed by atoms with van der Waals surface area (Å²) in [5, 5.41) is 18.8. The molecule has 1 aromatic heterocycles. The van der Waals surface area contributed by atoms with E-state index in [4.69, 9.17) is 9.15 Å². The van der Waals surface area contributed by atoms with E-state index >= 15 is 0 Å².